The molecular formula is C6H9N3. The van der Waals surface area contributed by atoms with Gasteiger partial charge in [-0.05, 0) is 6.92 Å². The van der Waals surface area contributed by atoms with Crippen LogP contribution >= 0.6 is 0 Å². The monoisotopic (exact) mass is 123 g/mol. The molecule has 0 aliphatic carbocycles. The number of rotatable bonds is 1. The van der Waals surface area contributed by atoms with Crippen LogP contribution < -0.4 is 0 Å². The average Bonchev–Trinajstić information content (AvgIpc) is 2.18. The van der Waals surface area contributed by atoms with E-state index in [4.69, 9.17) is 0 Å². The number of H-pyrrole nitrogens is 1. The zero-order valence-corrected chi connectivity index (χ0v) is 5.55. The molecule has 3 heteroatoms. The fraction of sp³-hybridized carbons (Fsp3) is 0.333. The molecule has 0 aliphatic rings. The second-order valence-electron chi connectivity index (χ2n) is 1.80. The molecule has 0 aliphatic heterocycles. The number of hydrogen-bond donors (Lipinski definition) is 1. The lowest BCUT2D eigenvalue weighted by atomic mass is 10.4. The van der Waals surface area contributed by atoms with Gasteiger partial charge in [-0.3, -0.25) is 4.99 Å². The van der Waals surface area contributed by atoms with Gasteiger partial charge in [-0.2, -0.15) is 0 Å². The summed E-state index contributed by atoms with van der Waals surface area (Å²) in [4.78, 5) is 10.8. The highest BCUT2D eigenvalue weighted by Crippen LogP contribution is 1.94. The predicted molar refractivity (Wildman–Crippen MR) is 36.8 cm³/mol. The molecule has 0 bridgehead atoms. The van der Waals surface area contributed by atoms with Crippen LogP contribution in [0.5, 0.6) is 0 Å². The maximum Gasteiger partial charge on any atom is 0.101 e. The van der Waals surface area contributed by atoms with Crippen molar-refractivity contribution in [3.05, 3.63) is 17.7 Å². The Morgan fingerprint density at radius 2 is 2.56 bits per heavy atom. The molecule has 1 N–H and O–H groups in total. The Labute approximate surface area is 53.9 Å². The van der Waals surface area contributed by atoms with E-state index in [-0.39, 0.29) is 0 Å². The Morgan fingerprint density at radius 1 is 1.78 bits per heavy atom. The van der Waals surface area contributed by atoms with E-state index in [1.54, 1.807) is 19.6 Å². The second-order valence-corrected chi connectivity index (χ2v) is 1.80. The van der Waals surface area contributed by atoms with Crippen molar-refractivity contribution in [2.75, 3.05) is 7.05 Å². The topological polar surface area (TPSA) is 41.0 Å². The Morgan fingerprint density at radius 3 is 3.00 bits per heavy atom. The minimum Gasteiger partial charge on any atom is -0.348 e. The van der Waals surface area contributed by atoms with Crippen molar-refractivity contribution < 1.29 is 0 Å². The lowest BCUT2D eigenvalue weighted by Crippen LogP contribution is -1.83. The first-order valence-electron chi connectivity index (χ1n) is 2.76. The first kappa shape index (κ1) is 6.01. The normalized spacial score (nSPS) is 10.9. The highest BCUT2D eigenvalue weighted by Gasteiger charge is 1.92. The molecular weight excluding hydrogens is 114 g/mol. The van der Waals surface area contributed by atoms with Crippen molar-refractivity contribution >= 4 is 6.21 Å². The largest absolute Gasteiger partial charge is 0.348 e. The van der Waals surface area contributed by atoms with Crippen LogP contribution in [0.3, 0.4) is 0 Å². The highest BCUT2D eigenvalue weighted by molar-refractivity contribution is 5.78. The molecule has 48 valence electrons. The predicted octanol–water partition coefficient (Wildman–Crippen LogP) is 0.767. The molecule has 1 aromatic heterocycles. The molecule has 0 aromatic carbocycles. The highest BCUT2D eigenvalue weighted by atomic mass is 14.9. The van der Waals surface area contributed by atoms with Crippen molar-refractivity contribution in [3.63, 3.8) is 0 Å². The molecule has 0 unspecified atom stereocenters. The Hall–Kier alpha value is -1.12. The van der Waals surface area contributed by atoms with Crippen LogP contribution in [0, 0.1) is 6.92 Å². The zero-order chi connectivity index (χ0) is 6.69. The van der Waals surface area contributed by atoms with Gasteiger partial charge in [-0.1, -0.05) is 0 Å². The van der Waals surface area contributed by atoms with Gasteiger partial charge in [-0.15, -0.1) is 0 Å². The standard InChI is InChI=1S/C6H9N3/c1-5-6(3-7-2)9-4-8-5/h3-4H,1-2H3,(H,8,9). The minimum atomic E-state index is 0.914. The summed E-state index contributed by atoms with van der Waals surface area (Å²) < 4.78 is 0. The summed E-state index contributed by atoms with van der Waals surface area (Å²) in [6.07, 6.45) is 3.39. The van der Waals surface area contributed by atoms with Gasteiger partial charge in [0.25, 0.3) is 0 Å². The molecule has 0 saturated carbocycles. The lowest BCUT2D eigenvalue weighted by Gasteiger charge is -1.82. The molecule has 0 saturated heterocycles. The van der Waals surface area contributed by atoms with Crippen LogP contribution in [0.25, 0.3) is 0 Å². The summed E-state index contributed by atoms with van der Waals surface area (Å²) in [7, 11) is 1.73. The van der Waals surface area contributed by atoms with E-state index in [2.05, 4.69) is 15.0 Å². The summed E-state index contributed by atoms with van der Waals surface area (Å²) in [5.41, 5.74) is 1.97. The van der Waals surface area contributed by atoms with Crippen molar-refractivity contribution in [2.24, 2.45) is 4.99 Å². The minimum absolute atomic E-state index is 0.914. The number of aliphatic imine (C=N–C) groups is 1. The van der Waals surface area contributed by atoms with Crippen molar-refractivity contribution in [2.45, 2.75) is 6.92 Å². The van der Waals surface area contributed by atoms with Gasteiger partial charge in [0.05, 0.1) is 6.33 Å². The number of nitrogens with one attached hydrogen (secondary N) is 1. The number of aryl methyl sites for hydroxylation is 1. The maximum absolute atomic E-state index is 4.00. The fourth-order valence-electron chi connectivity index (χ4n) is 0.622. The average molecular weight is 123 g/mol. The number of imidazole rings is 1. The van der Waals surface area contributed by atoms with E-state index in [1.165, 1.54) is 0 Å². The number of aromatic amines is 1. The first-order chi connectivity index (χ1) is 4.34. The molecule has 0 fully saturated rings. The molecule has 9 heavy (non-hydrogen) atoms. The molecule has 1 aromatic rings. The van der Waals surface area contributed by atoms with Gasteiger partial charge in [0, 0.05) is 19.0 Å². The Bertz CT molecular complexity index is 212. The van der Waals surface area contributed by atoms with Gasteiger partial charge in [0.2, 0.25) is 0 Å². The van der Waals surface area contributed by atoms with Gasteiger partial charge in [0.15, 0.2) is 0 Å². The van der Waals surface area contributed by atoms with Gasteiger partial charge in [-0.25, -0.2) is 4.98 Å². The van der Waals surface area contributed by atoms with Crippen LogP contribution in [-0.2, 0) is 0 Å². The first-order valence-corrected chi connectivity index (χ1v) is 2.76. The quantitative estimate of drug-likeness (QED) is 0.550. The zero-order valence-electron chi connectivity index (χ0n) is 5.55. The summed E-state index contributed by atoms with van der Waals surface area (Å²) >= 11 is 0. The summed E-state index contributed by atoms with van der Waals surface area (Å²) in [5.74, 6) is 0. The summed E-state index contributed by atoms with van der Waals surface area (Å²) in [5, 5.41) is 0. The molecule has 1 rings (SSSR count). The smallest absolute Gasteiger partial charge is 0.101 e. The van der Waals surface area contributed by atoms with Crippen LogP contribution in [0.4, 0.5) is 0 Å². The summed E-state index contributed by atoms with van der Waals surface area (Å²) in [6.45, 7) is 1.96. The van der Waals surface area contributed by atoms with E-state index in [1.807, 2.05) is 6.92 Å². The SMILES string of the molecule is CN=Cc1nc[nH]c1C. The lowest BCUT2D eigenvalue weighted by molar-refractivity contribution is 1.25. The molecule has 0 spiro atoms. The Balaban J connectivity index is 2.94. The number of nitrogens with zero attached hydrogens (tertiary/aromatic N) is 2. The molecule has 0 radical (unpaired) electrons. The Kier molecular flexibility index (Phi) is 1.63. The third kappa shape index (κ3) is 1.16. The van der Waals surface area contributed by atoms with E-state index in [0.717, 1.165) is 11.4 Å². The van der Waals surface area contributed by atoms with Crippen LogP contribution in [0.15, 0.2) is 11.3 Å². The van der Waals surface area contributed by atoms with Crippen LogP contribution in [0.1, 0.15) is 11.4 Å². The van der Waals surface area contributed by atoms with Crippen molar-refractivity contribution in [3.8, 4) is 0 Å². The van der Waals surface area contributed by atoms with Gasteiger partial charge in [0.1, 0.15) is 5.69 Å². The van der Waals surface area contributed by atoms with Gasteiger partial charge < -0.3 is 4.98 Å². The van der Waals surface area contributed by atoms with Crippen LogP contribution in [0.2, 0.25) is 0 Å². The van der Waals surface area contributed by atoms with Crippen molar-refractivity contribution in [1.82, 2.24) is 9.97 Å². The number of aromatic nitrogens is 2. The fourth-order valence-corrected chi connectivity index (χ4v) is 0.622. The molecule has 3 nitrogen and oxygen atoms in total. The van der Waals surface area contributed by atoms with Gasteiger partial charge >= 0.3 is 0 Å². The maximum atomic E-state index is 4.00. The van der Waals surface area contributed by atoms with E-state index < -0.39 is 0 Å². The molecule has 0 amide bonds. The number of hydrogen-bond acceptors (Lipinski definition) is 2. The summed E-state index contributed by atoms with van der Waals surface area (Å²) in [6, 6.07) is 0. The third-order valence-corrected chi connectivity index (χ3v) is 1.12. The van der Waals surface area contributed by atoms with Crippen LogP contribution in [-0.4, -0.2) is 23.2 Å². The van der Waals surface area contributed by atoms with E-state index in [0.29, 0.717) is 0 Å². The van der Waals surface area contributed by atoms with E-state index >= 15 is 0 Å². The van der Waals surface area contributed by atoms with Crippen molar-refractivity contribution in [1.29, 1.82) is 0 Å². The third-order valence-electron chi connectivity index (χ3n) is 1.12. The molecule has 1 heterocycles. The van der Waals surface area contributed by atoms with E-state index in [9.17, 15) is 0 Å². The molecule has 0 atom stereocenters. The second kappa shape index (κ2) is 2.44.